The van der Waals surface area contributed by atoms with Crippen molar-refractivity contribution in [3.63, 3.8) is 0 Å². The molecular formula is C25H29N3O5. The molecule has 0 spiro atoms. The molecule has 2 N–H and O–H groups in total. The van der Waals surface area contributed by atoms with Crippen LogP contribution in [0.25, 0.3) is 0 Å². The van der Waals surface area contributed by atoms with E-state index in [-0.39, 0.29) is 5.78 Å². The van der Waals surface area contributed by atoms with Gasteiger partial charge in [0.05, 0.1) is 27.4 Å². The van der Waals surface area contributed by atoms with Crippen LogP contribution in [0.5, 0.6) is 17.2 Å². The van der Waals surface area contributed by atoms with Gasteiger partial charge in [-0.2, -0.15) is 0 Å². The lowest BCUT2D eigenvalue weighted by molar-refractivity contribution is 0.102. The summed E-state index contributed by atoms with van der Waals surface area (Å²) in [4.78, 5) is 27.9. The number of hydrogen-bond acceptors (Lipinski definition) is 6. The Balaban J connectivity index is 1.65. The molecular weight excluding hydrogens is 422 g/mol. The van der Waals surface area contributed by atoms with Gasteiger partial charge in [0, 0.05) is 36.1 Å². The van der Waals surface area contributed by atoms with Crippen LogP contribution in [0, 0.1) is 0 Å². The minimum absolute atomic E-state index is 0.175. The highest BCUT2D eigenvalue weighted by Gasteiger charge is 2.30. The second kappa shape index (κ2) is 9.85. The molecule has 2 aliphatic heterocycles. The van der Waals surface area contributed by atoms with Gasteiger partial charge in [0.2, 0.25) is 5.75 Å². The molecule has 2 aromatic carbocycles. The molecule has 0 saturated carbocycles. The summed E-state index contributed by atoms with van der Waals surface area (Å²) < 4.78 is 16.3. The molecule has 2 heterocycles. The van der Waals surface area contributed by atoms with Gasteiger partial charge in [0.1, 0.15) is 0 Å². The number of carbonyl (C=O) groups is 2. The summed E-state index contributed by atoms with van der Waals surface area (Å²) in [6, 6.07) is 10.1. The molecule has 1 unspecified atom stereocenters. The molecule has 0 radical (unpaired) electrons. The fraction of sp³-hybridized carbons (Fsp3) is 0.360. The third-order valence-electron chi connectivity index (χ3n) is 6.08. The molecule has 8 nitrogen and oxygen atoms in total. The summed E-state index contributed by atoms with van der Waals surface area (Å²) in [5, 5.41) is 5.43. The molecule has 0 bridgehead atoms. The molecule has 0 aromatic heterocycles. The second-order valence-electron chi connectivity index (χ2n) is 8.03. The van der Waals surface area contributed by atoms with Crippen LogP contribution in [0.2, 0.25) is 0 Å². The number of ether oxygens (including phenoxy) is 3. The highest BCUT2D eigenvalue weighted by molar-refractivity contribution is 6.10. The number of rotatable bonds is 7. The van der Waals surface area contributed by atoms with Crippen molar-refractivity contribution in [2.24, 2.45) is 0 Å². The topological polar surface area (TPSA) is 89.1 Å². The normalized spacial score (nSPS) is 18.0. The highest BCUT2D eigenvalue weighted by Crippen LogP contribution is 2.41. The number of urea groups is 1. The first-order valence-electron chi connectivity index (χ1n) is 11.0. The van der Waals surface area contributed by atoms with Gasteiger partial charge in [0.15, 0.2) is 17.3 Å². The van der Waals surface area contributed by atoms with E-state index in [1.54, 1.807) is 12.1 Å². The number of piperidine rings is 1. The molecule has 1 fully saturated rings. The van der Waals surface area contributed by atoms with E-state index >= 15 is 0 Å². The molecule has 4 rings (SSSR count). The molecule has 2 amide bonds. The van der Waals surface area contributed by atoms with Gasteiger partial charge in [-0.3, -0.25) is 4.79 Å². The van der Waals surface area contributed by atoms with Crippen molar-refractivity contribution in [1.82, 2.24) is 10.6 Å². The average Bonchev–Trinajstić information content (AvgIpc) is 2.87. The van der Waals surface area contributed by atoms with Crippen molar-refractivity contribution in [3.05, 3.63) is 59.3 Å². The number of nitrogens with one attached hydrogen (secondary N) is 2. The van der Waals surface area contributed by atoms with Gasteiger partial charge >= 0.3 is 6.03 Å². The molecule has 1 atom stereocenters. The van der Waals surface area contributed by atoms with E-state index in [1.807, 2.05) is 24.3 Å². The lowest BCUT2D eigenvalue weighted by atomic mass is 9.91. The van der Waals surface area contributed by atoms with E-state index in [1.165, 1.54) is 46.8 Å². The van der Waals surface area contributed by atoms with Gasteiger partial charge in [-0.15, -0.1) is 0 Å². The molecule has 1 saturated heterocycles. The second-order valence-corrected chi connectivity index (χ2v) is 8.03. The van der Waals surface area contributed by atoms with Crippen LogP contribution in [0.4, 0.5) is 10.5 Å². The Morgan fingerprint density at radius 2 is 1.58 bits per heavy atom. The largest absolute Gasteiger partial charge is 0.493 e. The van der Waals surface area contributed by atoms with Crippen molar-refractivity contribution in [3.8, 4) is 17.2 Å². The quantitative estimate of drug-likeness (QED) is 0.622. The van der Waals surface area contributed by atoms with E-state index in [0.29, 0.717) is 33.9 Å². The van der Waals surface area contributed by atoms with E-state index < -0.39 is 12.1 Å². The van der Waals surface area contributed by atoms with Crippen LogP contribution in [-0.2, 0) is 0 Å². The van der Waals surface area contributed by atoms with Gasteiger partial charge in [-0.25, -0.2) is 4.79 Å². The number of ketones is 1. The Bertz CT molecular complexity index is 1030. The summed E-state index contributed by atoms with van der Waals surface area (Å²) in [6.45, 7) is 2.08. The fourth-order valence-electron chi connectivity index (χ4n) is 4.35. The van der Waals surface area contributed by atoms with E-state index in [0.717, 1.165) is 18.8 Å². The van der Waals surface area contributed by atoms with Crippen LogP contribution >= 0.6 is 0 Å². The number of nitrogens with zero attached hydrogens (tertiary/aromatic N) is 1. The van der Waals surface area contributed by atoms with E-state index in [2.05, 4.69) is 15.5 Å². The molecule has 0 aliphatic carbocycles. The third kappa shape index (κ3) is 4.60. The van der Waals surface area contributed by atoms with E-state index in [4.69, 9.17) is 14.2 Å². The number of hydrogen-bond donors (Lipinski definition) is 2. The van der Waals surface area contributed by atoms with Crippen LogP contribution in [0.15, 0.2) is 48.2 Å². The minimum Gasteiger partial charge on any atom is -0.493 e. The molecule has 174 valence electrons. The molecule has 33 heavy (non-hydrogen) atoms. The Hall–Kier alpha value is -3.68. The Morgan fingerprint density at radius 1 is 0.939 bits per heavy atom. The first-order chi connectivity index (χ1) is 16.0. The summed E-state index contributed by atoms with van der Waals surface area (Å²) >= 11 is 0. The van der Waals surface area contributed by atoms with Gasteiger partial charge in [-0.1, -0.05) is 0 Å². The average molecular weight is 452 g/mol. The highest BCUT2D eigenvalue weighted by atomic mass is 16.5. The summed E-state index contributed by atoms with van der Waals surface area (Å²) in [6.07, 6.45) is 5.11. The summed E-state index contributed by atoms with van der Waals surface area (Å²) in [7, 11) is 4.57. The number of amides is 2. The van der Waals surface area contributed by atoms with Gasteiger partial charge in [-0.05, 0) is 61.2 Å². The van der Waals surface area contributed by atoms with Crippen molar-refractivity contribution >= 4 is 17.5 Å². The van der Waals surface area contributed by atoms with Crippen molar-refractivity contribution in [1.29, 1.82) is 0 Å². The Morgan fingerprint density at radius 3 is 2.15 bits per heavy atom. The van der Waals surface area contributed by atoms with E-state index in [9.17, 15) is 9.59 Å². The zero-order valence-corrected chi connectivity index (χ0v) is 19.1. The van der Waals surface area contributed by atoms with Crippen LogP contribution in [-0.4, -0.2) is 46.2 Å². The third-order valence-corrected chi connectivity index (χ3v) is 6.08. The minimum atomic E-state index is -0.679. The first kappa shape index (κ1) is 22.5. The number of Topliss-reactive ketones (excluding diaryl/α,β-unsaturated/α-hetero) is 1. The smallest absolute Gasteiger partial charge is 0.319 e. The lowest BCUT2D eigenvalue weighted by Gasteiger charge is -2.29. The van der Waals surface area contributed by atoms with Crippen LogP contribution in [0.3, 0.4) is 0 Å². The summed E-state index contributed by atoms with van der Waals surface area (Å²) in [5.74, 6) is 1.15. The molecule has 8 heteroatoms. The van der Waals surface area contributed by atoms with Gasteiger partial charge in [0.25, 0.3) is 0 Å². The van der Waals surface area contributed by atoms with Crippen molar-refractivity contribution in [2.75, 3.05) is 39.3 Å². The van der Waals surface area contributed by atoms with Crippen LogP contribution < -0.4 is 29.7 Å². The maximum Gasteiger partial charge on any atom is 0.319 e. The molecule has 2 aromatic rings. The zero-order chi connectivity index (χ0) is 23.4. The monoisotopic (exact) mass is 451 g/mol. The molecule has 2 aliphatic rings. The number of benzene rings is 2. The van der Waals surface area contributed by atoms with Crippen molar-refractivity contribution < 1.29 is 23.8 Å². The number of anilines is 1. The van der Waals surface area contributed by atoms with Crippen LogP contribution in [0.1, 0.15) is 41.2 Å². The fourth-order valence-corrected chi connectivity index (χ4v) is 4.35. The Kier molecular flexibility index (Phi) is 6.72. The predicted molar refractivity (Wildman–Crippen MR) is 125 cm³/mol. The van der Waals surface area contributed by atoms with Crippen molar-refractivity contribution in [2.45, 2.75) is 25.3 Å². The SMILES string of the molecule is COc1cc(C2NC(=O)NC=C2C(=O)c2ccc(N3CCCCC3)cc2)cc(OC)c1OC. The standard InChI is InChI=1S/C25H29N3O5/c1-31-20-13-17(14-21(32-2)24(20)33-3)22-19(15-26-25(30)27-22)23(29)16-7-9-18(10-8-16)28-11-5-4-6-12-28/h7-10,13-15,22H,4-6,11-12H2,1-3H3,(H2,26,27,30). The predicted octanol–water partition coefficient (Wildman–Crippen LogP) is 3.82. The van der Waals surface area contributed by atoms with Gasteiger partial charge < -0.3 is 29.7 Å². The maximum absolute atomic E-state index is 13.4. The first-order valence-corrected chi connectivity index (χ1v) is 11.0. The summed E-state index contributed by atoms with van der Waals surface area (Å²) in [5.41, 5.74) is 2.73. The zero-order valence-electron chi connectivity index (χ0n) is 19.1. The Labute approximate surface area is 193 Å². The maximum atomic E-state index is 13.4. The number of methoxy groups -OCH3 is 3. The number of carbonyl (C=O) groups excluding carboxylic acids is 2. The lowest BCUT2D eigenvalue weighted by Crippen LogP contribution is -2.42.